The van der Waals surface area contributed by atoms with Gasteiger partial charge in [-0.2, -0.15) is 0 Å². The highest BCUT2D eigenvalue weighted by molar-refractivity contribution is 7.22. The molecule has 1 N–H and O–H groups in total. The SMILES string of the molecule is CC(=O)N1CCc2c(sc(NC(=O)COc3ccc(Cl)cc3)c2-c2nc3ccccc3s2)C1. The van der Waals surface area contributed by atoms with Crippen LogP contribution in [0.4, 0.5) is 5.00 Å². The zero-order valence-corrected chi connectivity index (χ0v) is 20.1. The average Bonchev–Trinajstić information content (AvgIpc) is 3.38. The van der Waals surface area contributed by atoms with Crippen molar-refractivity contribution in [1.29, 1.82) is 0 Å². The Kier molecular flexibility index (Phi) is 6.05. The molecule has 3 heterocycles. The van der Waals surface area contributed by atoms with E-state index in [4.69, 9.17) is 21.3 Å². The normalized spacial score (nSPS) is 13.1. The predicted molar refractivity (Wildman–Crippen MR) is 133 cm³/mol. The van der Waals surface area contributed by atoms with E-state index in [1.54, 1.807) is 42.5 Å². The fraction of sp³-hybridized carbons (Fsp3) is 0.208. The molecule has 4 aromatic rings. The number of nitrogens with one attached hydrogen (secondary N) is 1. The number of ether oxygens (including phenoxy) is 1. The van der Waals surface area contributed by atoms with Crippen molar-refractivity contribution in [2.24, 2.45) is 0 Å². The molecule has 0 saturated carbocycles. The summed E-state index contributed by atoms with van der Waals surface area (Å²) in [5.74, 6) is 0.371. The maximum absolute atomic E-state index is 12.8. The number of rotatable bonds is 5. The molecule has 0 bridgehead atoms. The molecule has 6 nitrogen and oxygen atoms in total. The molecule has 0 radical (unpaired) electrons. The number of hydrogen-bond acceptors (Lipinski definition) is 6. The summed E-state index contributed by atoms with van der Waals surface area (Å²) in [4.78, 5) is 32.4. The van der Waals surface area contributed by atoms with Crippen LogP contribution in [0.15, 0.2) is 48.5 Å². The van der Waals surface area contributed by atoms with Crippen LogP contribution in [0.25, 0.3) is 20.8 Å². The van der Waals surface area contributed by atoms with Gasteiger partial charge in [-0.05, 0) is 48.4 Å². The van der Waals surface area contributed by atoms with Gasteiger partial charge in [0.1, 0.15) is 15.8 Å². The molecule has 2 aromatic carbocycles. The molecule has 5 rings (SSSR count). The Morgan fingerprint density at radius 3 is 2.70 bits per heavy atom. The lowest BCUT2D eigenvalue weighted by molar-refractivity contribution is -0.129. The topological polar surface area (TPSA) is 71.5 Å². The zero-order valence-electron chi connectivity index (χ0n) is 17.8. The highest BCUT2D eigenvalue weighted by Crippen LogP contribution is 2.45. The number of para-hydroxylation sites is 1. The van der Waals surface area contributed by atoms with Crippen LogP contribution in [0.2, 0.25) is 5.02 Å². The minimum Gasteiger partial charge on any atom is -0.484 e. The van der Waals surface area contributed by atoms with Crippen molar-refractivity contribution in [1.82, 2.24) is 9.88 Å². The first-order chi connectivity index (χ1) is 16.0. The summed E-state index contributed by atoms with van der Waals surface area (Å²) in [6.07, 6.45) is 0.730. The van der Waals surface area contributed by atoms with Crippen LogP contribution >= 0.6 is 34.3 Å². The molecule has 0 aliphatic carbocycles. The fourth-order valence-electron chi connectivity index (χ4n) is 3.81. The number of halogens is 1. The molecular formula is C24H20ClN3O3S2. The molecule has 0 unspecified atom stereocenters. The van der Waals surface area contributed by atoms with E-state index in [2.05, 4.69) is 5.32 Å². The summed E-state index contributed by atoms with van der Waals surface area (Å²) in [5, 5.41) is 5.25. The van der Waals surface area contributed by atoms with Crippen molar-refractivity contribution in [2.45, 2.75) is 19.9 Å². The number of amides is 2. The van der Waals surface area contributed by atoms with Gasteiger partial charge < -0.3 is 15.0 Å². The Hall–Kier alpha value is -2.94. The maximum Gasteiger partial charge on any atom is 0.262 e. The van der Waals surface area contributed by atoms with E-state index < -0.39 is 0 Å². The Balaban J connectivity index is 1.44. The second-order valence-corrected chi connectivity index (χ2v) is 10.2. The standard InChI is InChI=1S/C24H20ClN3O3S2/c1-14(29)28-11-10-17-20(12-28)33-24(22(17)23-26-18-4-2-3-5-19(18)32-23)27-21(30)13-31-16-8-6-15(25)7-9-16/h2-9H,10-13H2,1H3,(H,27,30). The summed E-state index contributed by atoms with van der Waals surface area (Å²) in [5.41, 5.74) is 3.05. The van der Waals surface area contributed by atoms with Gasteiger partial charge in [-0.25, -0.2) is 4.98 Å². The Morgan fingerprint density at radius 2 is 1.94 bits per heavy atom. The number of hydrogen-bond donors (Lipinski definition) is 1. The minimum atomic E-state index is -0.255. The highest BCUT2D eigenvalue weighted by atomic mass is 35.5. The monoisotopic (exact) mass is 497 g/mol. The second kappa shape index (κ2) is 9.13. The molecule has 1 aliphatic heterocycles. The summed E-state index contributed by atoms with van der Waals surface area (Å²) >= 11 is 9.02. The molecule has 2 aromatic heterocycles. The van der Waals surface area contributed by atoms with Gasteiger partial charge in [0.05, 0.1) is 16.8 Å². The van der Waals surface area contributed by atoms with Gasteiger partial charge >= 0.3 is 0 Å². The molecule has 0 atom stereocenters. The number of aromatic nitrogens is 1. The second-order valence-electron chi connectivity index (χ2n) is 7.68. The van der Waals surface area contributed by atoms with Gasteiger partial charge in [0, 0.05) is 28.9 Å². The van der Waals surface area contributed by atoms with E-state index in [0.29, 0.717) is 23.9 Å². The van der Waals surface area contributed by atoms with Crippen molar-refractivity contribution in [3.8, 4) is 16.3 Å². The Labute approximate surface area is 203 Å². The van der Waals surface area contributed by atoms with E-state index in [9.17, 15) is 9.59 Å². The van der Waals surface area contributed by atoms with E-state index in [0.717, 1.165) is 42.7 Å². The summed E-state index contributed by atoms with van der Waals surface area (Å²) < 4.78 is 6.70. The van der Waals surface area contributed by atoms with Crippen molar-refractivity contribution < 1.29 is 14.3 Å². The zero-order chi connectivity index (χ0) is 22.9. The van der Waals surface area contributed by atoms with Crippen LogP contribution in [0.5, 0.6) is 5.75 Å². The number of thiazole rings is 1. The van der Waals surface area contributed by atoms with Crippen molar-refractivity contribution in [2.75, 3.05) is 18.5 Å². The molecule has 0 fully saturated rings. The number of carbonyl (C=O) groups is 2. The molecule has 1 aliphatic rings. The predicted octanol–water partition coefficient (Wildman–Crippen LogP) is 5.60. The third-order valence-electron chi connectivity index (χ3n) is 5.45. The van der Waals surface area contributed by atoms with Gasteiger partial charge in [0.2, 0.25) is 5.91 Å². The number of fused-ring (bicyclic) bond motifs is 2. The first-order valence-corrected chi connectivity index (χ1v) is 12.4. The van der Waals surface area contributed by atoms with Crippen LogP contribution in [0.1, 0.15) is 17.4 Å². The van der Waals surface area contributed by atoms with Gasteiger partial charge in [-0.15, -0.1) is 22.7 Å². The van der Waals surface area contributed by atoms with Crippen LogP contribution in [-0.2, 0) is 22.6 Å². The van der Waals surface area contributed by atoms with Gasteiger partial charge in [-0.3, -0.25) is 9.59 Å². The van der Waals surface area contributed by atoms with Gasteiger partial charge in [0.15, 0.2) is 6.61 Å². The van der Waals surface area contributed by atoms with Crippen LogP contribution in [0, 0.1) is 0 Å². The van der Waals surface area contributed by atoms with Crippen LogP contribution in [-0.4, -0.2) is 34.8 Å². The molecule has 0 saturated heterocycles. The summed E-state index contributed by atoms with van der Waals surface area (Å²) in [7, 11) is 0. The highest BCUT2D eigenvalue weighted by Gasteiger charge is 2.28. The lowest BCUT2D eigenvalue weighted by atomic mass is 10.0. The quantitative estimate of drug-likeness (QED) is 0.389. The lowest BCUT2D eigenvalue weighted by Crippen LogP contribution is -2.33. The molecule has 33 heavy (non-hydrogen) atoms. The fourth-order valence-corrected chi connectivity index (χ4v) is 6.32. The summed E-state index contributed by atoms with van der Waals surface area (Å²) in [6.45, 7) is 2.67. The smallest absolute Gasteiger partial charge is 0.262 e. The van der Waals surface area contributed by atoms with Gasteiger partial charge in [-0.1, -0.05) is 23.7 Å². The Morgan fingerprint density at radius 1 is 1.15 bits per heavy atom. The average molecular weight is 498 g/mol. The maximum atomic E-state index is 12.8. The van der Waals surface area contributed by atoms with E-state index in [1.807, 2.05) is 29.2 Å². The Bertz CT molecular complexity index is 1310. The third kappa shape index (κ3) is 4.59. The molecule has 0 spiro atoms. The van der Waals surface area contributed by atoms with E-state index >= 15 is 0 Å². The summed E-state index contributed by atoms with van der Waals surface area (Å²) in [6, 6.07) is 14.9. The largest absolute Gasteiger partial charge is 0.484 e. The van der Waals surface area contributed by atoms with E-state index in [-0.39, 0.29) is 18.4 Å². The first kappa shape index (κ1) is 21.9. The number of anilines is 1. The number of carbonyl (C=O) groups excluding carboxylic acids is 2. The number of benzene rings is 2. The van der Waals surface area contributed by atoms with Crippen LogP contribution < -0.4 is 10.1 Å². The first-order valence-electron chi connectivity index (χ1n) is 10.4. The van der Waals surface area contributed by atoms with Crippen molar-refractivity contribution in [3.05, 3.63) is 64.0 Å². The van der Waals surface area contributed by atoms with Crippen molar-refractivity contribution >= 4 is 61.3 Å². The number of thiophene rings is 1. The lowest BCUT2D eigenvalue weighted by Gasteiger charge is -2.26. The van der Waals surface area contributed by atoms with Crippen LogP contribution in [0.3, 0.4) is 0 Å². The molecular weight excluding hydrogens is 478 g/mol. The molecule has 9 heteroatoms. The van der Waals surface area contributed by atoms with Gasteiger partial charge in [0.25, 0.3) is 5.91 Å². The molecule has 2 amide bonds. The van der Waals surface area contributed by atoms with Crippen molar-refractivity contribution in [3.63, 3.8) is 0 Å². The third-order valence-corrected chi connectivity index (χ3v) is 7.88. The number of nitrogens with zero attached hydrogens (tertiary/aromatic N) is 2. The van der Waals surface area contributed by atoms with E-state index in [1.165, 1.54) is 11.3 Å². The molecule has 168 valence electrons. The minimum absolute atomic E-state index is 0.0533.